The van der Waals surface area contributed by atoms with Gasteiger partial charge >= 0.3 is 0 Å². The van der Waals surface area contributed by atoms with Crippen LogP contribution in [0.25, 0.3) is 16.9 Å². The van der Waals surface area contributed by atoms with E-state index in [1.165, 1.54) is 0 Å². The first-order valence-electron chi connectivity index (χ1n) is 5.24. The maximum absolute atomic E-state index is 6.26. The van der Waals surface area contributed by atoms with Gasteiger partial charge in [-0.1, -0.05) is 45.2 Å². The van der Waals surface area contributed by atoms with Crippen molar-refractivity contribution in [2.45, 2.75) is 0 Å². The van der Waals surface area contributed by atoms with Crippen LogP contribution in [0.3, 0.4) is 0 Å². The highest BCUT2D eigenvalue weighted by Crippen LogP contribution is 2.31. The van der Waals surface area contributed by atoms with E-state index in [4.69, 9.17) is 23.2 Å². The fraction of sp³-hybridized carbons (Fsp3) is 0. The van der Waals surface area contributed by atoms with Gasteiger partial charge in [-0.2, -0.15) is 0 Å². The number of halogens is 3. The third-order valence-corrected chi connectivity index (χ3v) is 3.80. The van der Waals surface area contributed by atoms with E-state index in [0.29, 0.717) is 10.0 Å². The molecule has 18 heavy (non-hydrogen) atoms. The van der Waals surface area contributed by atoms with Crippen LogP contribution in [-0.2, 0) is 0 Å². The van der Waals surface area contributed by atoms with E-state index in [0.717, 1.165) is 21.4 Å². The maximum Gasteiger partial charge on any atom is 0.156 e. The molecule has 0 saturated carbocycles. The zero-order valence-electron chi connectivity index (χ0n) is 9.07. The molecular formula is C13H7BrCl2N2. The lowest BCUT2D eigenvalue weighted by Crippen LogP contribution is -1.88. The Morgan fingerprint density at radius 1 is 1.11 bits per heavy atom. The van der Waals surface area contributed by atoms with E-state index in [2.05, 4.69) is 20.9 Å². The highest BCUT2D eigenvalue weighted by molar-refractivity contribution is 9.10. The molecule has 0 radical (unpaired) electrons. The average molecular weight is 342 g/mol. The second kappa shape index (κ2) is 4.57. The highest BCUT2D eigenvalue weighted by atomic mass is 79.9. The number of imidazole rings is 1. The van der Waals surface area contributed by atoms with Crippen molar-refractivity contribution < 1.29 is 0 Å². The zero-order chi connectivity index (χ0) is 12.7. The Kier molecular flexibility index (Phi) is 3.06. The molecule has 3 rings (SSSR count). The summed E-state index contributed by atoms with van der Waals surface area (Å²) in [5, 5.41) is 1.29. The Hall–Kier alpha value is -1.03. The van der Waals surface area contributed by atoms with Crippen molar-refractivity contribution in [2.24, 2.45) is 0 Å². The number of fused-ring (bicyclic) bond motifs is 1. The maximum atomic E-state index is 6.26. The molecule has 2 nitrogen and oxygen atoms in total. The largest absolute Gasteiger partial charge is 0.298 e. The Morgan fingerprint density at radius 2 is 1.94 bits per heavy atom. The molecule has 3 aromatic rings. The molecule has 2 heterocycles. The van der Waals surface area contributed by atoms with Gasteiger partial charge in [-0.3, -0.25) is 4.40 Å². The fourth-order valence-corrected chi connectivity index (χ4v) is 2.86. The SMILES string of the molecule is Clc1cc(Br)ccc1-c1cnc2c(Cl)cccn12. The summed E-state index contributed by atoms with van der Waals surface area (Å²) < 4.78 is 2.88. The van der Waals surface area contributed by atoms with Gasteiger partial charge in [0.05, 0.1) is 21.9 Å². The van der Waals surface area contributed by atoms with Gasteiger partial charge < -0.3 is 0 Å². The summed E-state index contributed by atoms with van der Waals surface area (Å²) in [6.07, 6.45) is 3.69. The Balaban J connectivity index is 2.29. The second-order valence-electron chi connectivity index (χ2n) is 3.82. The number of pyridine rings is 1. The predicted octanol–water partition coefficient (Wildman–Crippen LogP) is 5.07. The molecule has 0 aliphatic heterocycles. The van der Waals surface area contributed by atoms with Crippen LogP contribution in [0, 0.1) is 0 Å². The minimum absolute atomic E-state index is 0.622. The lowest BCUT2D eigenvalue weighted by molar-refractivity contribution is 1.19. The molecule has 1 aromatic carbocycles. The van der Waals surface area contributed by atoms with Gasteiger partial charge in [0.2, 0.25) is 0 Å². The van der Waals surface area contributed by atoms with Crippen LogP contribution < -0.4 is 0 Å². The molecule has 0 atom stereocenters. The quantitative estimate of drug-likeness (QED) is 0.604. The molecule has 0 bridgehead atoms. The first kappa shape index (κ1) is 12.0. The van der Waals surface area contributed by atoms with Gasteiger partial charge in [-0.15, -0.1) is 0 Å². The minimum Gasteiger partial charge on any atom is -0.298 e. The summed E-state index contributed by atoms with van der Waals surface area (Å²) >= 11 is 15.7. The van der Waals surface area contributed by atoms with Gasteiger partial charge in [0.25, 0.3) is 0 Å². The molecule has 0 aliphatic carbocycles. The summed E-state index contributed by atoms with van der Waals surface area (Å²) in [6.45, 7) is 0. The summed E-state index contributed by atoms with van der Waals surface area (Å²) in [5.74, 6) is 0. The van der Waals surface area contributed by atoms with E-state index in [-0.39, 0.29) is 0 Å². The van der Waals surface area contributed by atoms with Gasteiger partial charge in [0.15, 0.2) is 5.65 Å². The van der Waals surface area contributed by atoms with Crippen LogP contribution in [0.15, 0.2) is 47.2 Å². The highest BCUT2D eigenvalue weighted by Gasteiger charge is 2.11. The molecule has 0 spiro atoms. The average Bonchev–Trinajstić information content (AvgIpc) is 2.74. The van der Waals surface area contributed by atoms with Gasteiger partial charge in [0.1, 0.15) is 0 Å². The molecule has 0 amide bonds. The van der Waals surface area contributed by atoms with Crippen LogP contribution in [0.5, 0.6) is 0 Å². The van der Waals surface area contributed by atoms with E-state index in [9.17, 15) is 0 Å². The fourth-order valence-electron chi connectivity index (χ4n) is 1.87. The Labute approximate surface area is 122 Å². The molecule has 2 aromatic heterocycles. The van der Waals surface area contributed by atoms with Gasteiger partial charge in [0, 0.05) is 16.2 Å². The van der Waals surface area contributed by atoms with Crippen molar-refractivity contribution in [1.29, 1.82) is 0 Å². The minimum atomic E-state index is 0.622. The number of hydrogen-bond donors (Lipinski definition) is 0. The monoisotopic (exact) mass is 340 g/mol. The van der Waals surface area contributed by atoms with Crippen molar-refractivity contribution in [1.82, 2.24) is 9.38 Å². The molecule has 5 heteroatoms. The van der Waals surface area contributed by atoms with Crippen molar-refractivity contribution in [3.63, 3.8) is 0 Å². The smallest absolute Gasteiger partial charge is 0.156 e. The van der Waals surface area contributed by atoms with E-state index < -0.39 is 0 Å². The Morgan fingerprint density at radius 3 is 2.72 bits per heavy atom. The number of hydrogen-bond acceptors (Lipinski definition) is 1. The van der Waals surface area contributed by atoms with Crippen LogP contribution >= 0.6 is 39.1 Å². The van der Waals surface area contributed by atoms with Crippen LogP contribution in [-0.4, -0.2) is 9.38 Å². The lowest BCUT2D eigenvalue weighted by atomic mass is 10.2. The molecular weight excluding hydrogens is 335 g/mol. The molecule has 90 valence electrons. The second-order valence-corrected chi connectivity index (χ2v) is 5.55. The van der Waals surface area contributed by atoms with Gasteiger partial charge in [-0.05, 0) is 24.3 Å². The third kappa shape index (κ3) is 1.92. The number of nitrogens with zero attached hydrogens (tertiary/aromatic N) is 2. The number of rotatable bonds is 1. The van der Waals surface area contributed by atoms with E-state index >= 15 is 0 Å². The molecule has 0 saturated heterocycles. The predicted molar refractivity (Wildman–Crippen MR) is 78.3 cm³/mol. The number of aromatic nitrogens is 2. The number of benzene rings is 1. The summed E-state index contributed by atoms with van der Waals surface area (Å²) in [7, 11) is 0. The molecule has 0 N–H and O–H groups in total. The first-order valence-corrected chi connectivity index (χ1v) is 6.79. The topological polar surface area (TPSA) is 17.3 Å². The van der Waals surface area contributed by atoms with Crippen LogP contribution in [0.2, 0.25) is 10.0 Å². The normalized spacial score (nSPS) is 11.1. The molecule has 0 aliphatic rings. The summed E-state index contributed by atoms with van der Waals surface area (Å²) in [5.41, 5.74) is 2.58. The van der Waals surface area contributed by atoms with E-state index in [1.54, 1.807) is 6.20 Å². The van der Waals surface area contributed by atoms with Crippen molar-refractivity contribution in [3.05, 3.63) is 57.2 Å². The van der Waals surface area contributed by atoms with Crippen LogP contribution in [0.1, 0.15) is 0 Å². The Bertz CT molecular complexity index is 737. The summed E-state index contributed by atoms with van der Waals surface area (Å²) in [4.78, 5) is 4.32. The first-order chi connectivity index (χ1) is 8.66. The standard InChI is InChI=1S/C13H7BrCl2N2/c14-8-3-4-9(11(16)6-8)12-7-17-13-10(15)2-1-5-18(12)13/h1-7H. The van der Waals surface area contributed by atoms with Gasteiger partial charge in [-0.25, -0.2) is 4.98 Å². The molecule has 0 unspecified atom stereocenters. The third-order valence-electron chi connectivity index (χ3n) is 2.70. The molecule has 0 fully saturated rings. The van der Waals surface area contributed by atoms with E-state index in [1.807, 2.05) is 40.9 Å². The zero-order valence-corrected chi connectivity index (χ0v) is 12.2. The van der Waals surface area contributed by atoms with Crippen molar-refractivity contribution in [2.75, 3.05) is 0 Å². The summed E-state index contributed by atoms with van der Waals surface area (Å²) in [6, 6.07) is 9.47. The van der Waals surface area contributed by atoms with Crippen molar-refractivity contribution in [3.8, 4) is 11.3 Å². The van der Waals surface area contributed by atoms with Crippen LogP contribution in [0.4, 0.5) is 0 Å². The van der Waals surface area contributed by atoms with Crippen molar-refractivity contribution >= 4 is 44.8 Å². The lowest BCUT2D eigenvalue weighted by Gasteiger charge is -2.05.